The summed E-state index contributed by atoms with van der Waals surface area (Å²) >= 11 is -1.52. The van der Waals surface area contributed by atoms with Gasteiger partial charge in [0.1, 0.15) is 0 Å². The van der Waals surface area contributed by atoms with E-state index >= 15 is 0 Å². The van der Waals surface area contributed by atoms with Gasteiger partial charge in [-0.2, -0.15) is 0 Å². The first-order valence-corrected chi connectivity index (χ1v) is 23.1. The van der Waals surface area contributed by atoms with Crippen LogP contribution >= 0.6 is 27.3 Å². The van der Waals surface area contributed by atoms with Crippen LogP contribution in [0.4, 0.5) is 0 Å². The summed E-state index contributed by atoms with van der Waals surface area (Å²) in [4.78, 5) is 7.69. The molecule has 3 saturated carbocycles. The summed E-state index contributed by atoms with van der Waals surface area (Å²) in [5.74, 6) is 0. The fourth-order valence-corrected chi connectivity index (χ4v) is 12.9. The Morgan fingerprint density at radius 2 is 0.951 bits per heavy atom. The monoisotopic (exact) mass is 707 g/mol. The number of pyridine rings is 2. The van der Waals surface area contributed by atoms with Crippen molar-refractivity contribution < 1.29 is 13.5 Å². The van der Waals surface area contributed by atoms with Crippen LogP contribution < -0.4 is 0 Å². The zero-order valence-corrected chi connectivity index (χ0v) is 30.4. The van der Waals surface area contributed by atoms with Gasteiger partial charge in [-0.3, -0.25) is 9.97 Å². The van der Waals surface area contributed by atoms with Crippen molar-refractivity contribution in [1.29, 1.82) is 0 Å². The van der Waals surface area contributed by atoms with Crippen molar-refractivity contribution in [2.45, 2.75) is 141 Å². The molecule has 2 aromatic heterocycles. The third-order valence-electron chi connectivity index (χ3n) is 8.41. The standard InChI is InChI=1S/C18H33P.2C6H7N.C5H8.2ClH.Ru/c1-4-10-16(11-5-1)19(17-12-6-2-7-13-17)18-14-8-3-9-15-18;2*1-6-2-4-7-5-3-6;1-4-5(2)3;;;/h16-18H,1-15H2;2*2-5H,1H3;1,4H,2-3H3;2*1H;/q;;;;;;+2/p-1. The topological polar surface area (TPSA) is 25.8 Å². The molecule has 41 heavy (non-hydrogen) atoms. The molecule has 0 aliphatic heterocycles. The maximum absolute atomic E-state index is 5.53. The quantitative estimate of drug-likeness (QED) is 0.234. The van der Waals surface area contributed by atoms with Crippen LogP contribution in [0.15, 0.2) is 60.7 Å². The molecule has 0 atom stereocenters. The van der Waals surface area contributed by atoms with Crippen LogP contribution in [0.2, 0.25) is 0 Å². The molecular formula is C35H56Cl2N2PRu+. The minimum atomic E-state index is -1.52. The van der Waals surface area contributed by atoms with Gasteiger partial charge in [-0.15, -0.1) is 0 Å². The zero-order valence-electron chi connectivity index (χ0n) is 26.1. The third kappa shape index (κ3) is 17.4. The van der Waals surface area contributed by atoms with Gasteiger partial charge in [0.15, 0.2) is 0 Å². The molecule has 6 heteroatoms. The minimum absolute atomic E-state index is 0.0465. The summed E-state index contributed by atoms with van der Waals surface area (Å²) in [6.07, 6.45) is 32.9. The number of hydrogen-bond donors (Lipinski definition) is 0. The average Bonchev–Trinajstić information content (AvgIpc) is 3.00. The van der Waals surface area contributed by atoms with E-state index in [-0.39, 0.29) is 7.92 Å². The predicted octanol–water partition coefficient (Wildman–Crippen LogP) is 11.7. The van der Waals surface area contributed by atoms with E-state index in [9.17, 15) is 0 Å². The van der Waals surface area contributed by atoms with Gasteiger partial charge in [-0.25, -0.2) is 0 Å². The van der Waals surface area contributed by atoms with E-state index in [0.717, 1.165) is 0 Å². The molecule has 2 aromatic rings. The van der Waals surface area contributed by atoms with Gasteiger partial charge >= 0.3 is 63.0 Å². The summed E-state index contributed by atoms with van der Waals surface area (Å²) in [7, 11) is 11.0. The molecule has 0 amide bonds. The molecule has 0 N–H and O–H groups in total. The molecule has 2 nitrogen and oxygen atoms in total. The van der Waals surface area contributed by atoms with E-state index < -0.39 is 13.5 Å². The van der Waals surface area contributed by atoms with Crippen molar-refractivity contribution in [2.24, 2.45) is 0 Å². The van der Waals surface area contributed by atoms with Crippen LogP contribution in [-0.4, -0.2) is 31.6 Å². The summed E-state index contributed by atoms with van der Waals surface area (Å²) in [6, 6.07) is 7.89. The van der Waals surface area contributed by atoms with E-state index in [1.165, 1.54) is 33.7 Å². The Morgan fingerprint density at radius 1 is 0.634 bits per heavy atom. The Bertz CT molecular complexity index is 864. The molecule has 0 radical (unpaired) electrons. The number of hydrogen-bond acceptors (Lipinski definition) is 2. The predicted molar refractivity (Wildman–Crippen MR) is 184 cm³/mol. The number of rotatable bonds is 4. The van der Waals surface area contributed by atoms with Gasteiger partial charge in [0.2, 0.25) is 0 Å². The molecule has 2 heterocycles. The second-order valence-electron chi connectivity index (χ2n) is 12.1. The van der Waals surface area contributed by atoms with Crippen LogP contribution in [0.25, 0.3) is 0 Å². The summed E-state index contributed by atoms with van der Waals surface area (Å²) in [5, 5.41) is 0. The van der Waals surface area contributed by atoms with Crippen molar-refractivity contribution in [2.75, 3.05) is 0 Å². The van der Waals surface area contributed by atoms with Gasteiger partial charge in [0.25, 0.3) is 0 Å². The molecule has 232 valence electrons. The third-order valence-corrected chi connectivity index (χ3v) is 14.7. The van der Waals surface area contributed by atoms with Crippen molar-refractivity contribution in [3.8, 4) is 0 Å². The number of allylic oxidation sites excluding steroid dienone is 2. The van der Waals surface area contributed by atoms with E-state index in [0.29, 0.717) is 0 Å². The zero-order chi connectivity index (χ0) is 29.7. The van der Waals surface area contributed by atoms with Gasteiger partial charge in [-0.1, -0.05) is 19.3 Å². The van der Waals surface area contributed by atoms with Gasteiger partial charge in [0.05, 0.1) is 17.0 Å². The first kappa shape index (κ1) is 36.7. The molecule has 0 bridgehead atoms. The molecule has 0 spiro atoms. The van der Waals surface area contributed by atoms with Gasteiger partial charge in [0, 0.05) is 32.7 Å². The Hall–Kier alpha value is -0.457. The molecule has 0 unspecified atom stereocenters. The Kier molecular flexibility index (Phi) is 20.6. The van der Waals surface area contributed by atoms with Crippen LogP contribution in [-0.2, 0) is 13.5 Å². The van der Waals surface area contributed by atoms with Crippen molar-refractivity contribution in [3.05, 3.63) is 71.8 Å². The summed E-state index contributed by atoms with van der Waals surface area (Å²) in [5.41, 5.74) is 7.44. The van der Waals surface area contributed by atoms with Crippen LogP contribution in [0, 0.1) is 13.8 Å². The molecule has 3 aliphatic rings. The second-order valence-corrected chi connectivity index (χ2v) is 21.4. The number of aromatic nitrogens is 2. The average molecular weight is 708 g/mol. The SMILES string of the molecule is C1CCC([PH+](C2CCCCC2)C2CCCCC2)CC1.CC(C)=C[CH]=[Ru]([Cl])[Cl].Cc1ccncc1.Cc1ccncc1. The van der Waals surface area contributed by atoms with Crippen molar-refractivity contribution in [3.63, 3.8) is 0 Å². The second kappa shape index (κ2) is 23.0. The molecule has 5 rings (SSSR count). The largest absolute Gasteiger partial charge is 0.265 e. The van der Waals surface area contributed by atoms with Crippen LogP contribution in [0.5, 0.6) is 0 Å². The van der Waals surface area contributed by atoms with Crippen molar-refractivity contribution >= 4 is 31.9 Å². The van der Waals surface area contributed by atoms with E-state index in [2.05, 4.69) is 9.97 Å². The Morgan fingerprint density at radius 3 is 1.15 bits per heavy atom. The number of aryl methyl sites for hydroxylation is 2. The first-order chi connectivity index (χ1) is 19.9. The molecule has 0 aromatic carbocycles. The van der Waals surface area contributed by atoms with Crippen LogP contribution in [0.1, 0.15) is 121 Å². The van der Waals surface area contributed by atoms with E-state index in [1.54, 1.807) is 121 Å². The molecule has 0 saturated heterocycles. The van der Waals surface area contributed by atoms with Crippen molar-refractivity contribution in [1.82, 2.24) is 9.97 Å². The normalized spacial score (nSPS) is 18.4. The Labute approximate surface area is 266 Å². The molecule has 3 aliphatic carbocycles. The fraction of sp³-hybridized carbons (Fsp3) is 0.629. The van der Waals surface area contributed by atoms with Gasteiger partial charge in [-0.05, 0) is 126 Å². The number of nitrogens with zero attached hydrogens (tertiary/aromatic N) is 2. The smallest absolute Gasteiger partial charge is 0.0270 e. The maximum Gasteiger partial charge on any atom is 0.0270 e. The van der Waals surface area contributed by atoms with Crippen LogP contribution in [0.3, 0.4) is 0 Å². The first-order valence-electron chi connectivity index (χ1n) is 15.9. The van der Waals surface area contributed by atoms with E-state index in [4.69, 9.17) is 19.4 Å². The Balaban J connectivity index is 0.000000221. The van der Waals surface area contributed by atoms with E-state index in [1.807, 2.05) is 62.6 Å². The molecule has 3 fully saturated rings. The summed E-state index contributed by atoms with van der Waals surface area (Å²) in [6.45, 7) is 8.12. The summed E-state index contributed by atoms with van der Waals surface area (Å²) < 4.78 is 1.88. The maximum atomic E-state index is 5.53. The minimum Gasteiger partial charge on any atom is -0.265 e. The fourth-order valence-electron chi connectivity index (χ4n) is 6.32. The number of halogens is 2. The van der Waals surface area contributed by atoms with Gasteiger partial charge < -0.3 is 0 Å². The molecular weight excluding hydrogens is 651 g/mol.